The molecule has 1 aliphatic heterocycles. The van der Waals surface area contributed by atoms with Crippen LogP contribution in [0.1, 0.15) is 29.5 Å². The van der Waals surface area contributed by atoms with E-state index in [-0.39, 0.29) is 5.91 Å². The lowest BCUT2D eigenvalue weighted by Gasteiger charge is -2.46. The minimum absolute atomic E-state index is 0.00435. The normalized spacial score (nSPS) is 21.1. The van der Waals surface area contributed by atoms with E-state index in [9.17, 15) is 9.90 Å². The SMILES string of the molecule is Cc1ccc(C=CC(=O)N2CC(O)(C3CC3)C2)c(C)c1. The van der Waals surface area contributed by atoms with E-state index in [1.807, 2.05) is 25.1 Å². The molecule has 0 radical (unpaired) electrons. The summed E-state index contributed by atoms with van der Waals surface area (Å²) >= 11 is 0. The average Bonchev–Trinajstić information content (AvgIpc) is 3.18. The minimum atomic E-state index is -0.594. The third kappa shape index (κ3) is 2.50. The van der Waals surface area contributed by atoms with Crippen molar-refractivity contribution in [3.63, 3.8) is 0 Å². The van der Waals surface area contributed by atoms with Crippen LogP contribution in [0.4, 0.5) is 0 Å². The fourth-order valence-corrected chi connectivity index (χ4v) is 2.93. The van der Waals surface area contributed by atoms with Crippen LogP contribution < -0.4 is 0 Å². The van der Waals surface area contributed by atoms with Crippen molar-refractivity contribution in [1.29, 1.82) is 0 Å². The zero-order chi connectivity index (χ0) is 14.3. The number of β-amino-alcohol motifs (C(OH)–C–C–N with tert-alkyl or cyclic N) is 1. The molecule has 2 aliphatic rings. The third-order valence-corrected chi connectivity index (χ3v) is 4.41. The zero-order valence-electron chi connectivity index (χ0n) is 12.1. The van der Waals surface area contributed by atoms with E-state index < -0.39 is 5.60 Å². The highest BCUT2D eigenvalue weighted by atomic mass is 16.3. The number of hydrogen-bond donors (Lipinski definition) is 1. The van der Waals surface area contributed by atoms with E-state index in [0.29, 0.717) is 19.0 Å². The first kappa shape index (κ1) is 13.4. The Morgan fingerprint density at radius 2 is 2.05 bits per heavy atom. The van der Waals surface area contributed by atoms with Gasteiger partial charge in [-0.1, -0.05) is 23.8 Å². The molecule has 0 aromatic heterocycles. The summed E-state index contributed by atoms with van der Waals surface area (Å²) in [5, 5.41) is 10.2. The highest BCUT2D eigenvalue weighted by Gasteiger charge is 2.52. The Balaban J connectivity index is 1.60. The number of likely N-dealkylation sites (tertiary alicyclic amines) is 1. The largest absolute Gasteiger partial charge is 0.386 e. The quantitative estimate of drug-likeness (QED) is 0.857. The van der Waals surface area contributed by atoms with E-state index in [1.165, 1.54) is 11.1 Å². The van der Waals surface area contributed by atoms with Crippen molar-refractivity contribution in [1.82, 2.24) is 4.90 Å². The number of aliphatic hydroxyl groups is 1. The Hall–Kier alpha value is -1.61. The lowest BCUT2D eigenvalue weighted by molar-refractivity contribution is -0.154. The lowest BCUT2D eigenvalue weighted by Crippen LogP contribution is -2.64. The molecule has 1 amide bonds. The molecule has 1 heterocycles. The van der Waals surface area contributed by atoms with Gasteiger partial charge in [0.15, 0.2) is 0 Å². The van der Waals surface area contributed by atoms with Crippen LogP contribution in [0.2, 0.25) is 0 Å². The molecular weight excluding hydrogens is 250 g/mol. The summed E-state index contributed by atoms with van der Waals surface area (Å²) in [6, 6.07) is 6.19. The number of aryl methyl sites for hydroxylation is 2. The minimum Gasteiger partial charge on any atom is -0.386 e. The van der Waals surface area contributed by atoms with Crippen LogP contribution >= 0.6 is 0 Å². The summed E-state index contributed by atoms with van der Waals surface area (Å²) in [5.74, 6) is 0.421. The monoisotopic (exact) mass is 271 g/mol. The highest BCUT2D eigenvalue weighted by molar-refractivity contribution is 5.92. The van der Waals surface area contributed by atoms with Crippen LogP contribution in [0.25, 0.3) is 6.08 Å². The molecule has 1 N–H and O–H groups in total. The van der Waals surface area contributed by atoms with Gasteiger partial charge >= 0.3 is 0 Å². The maximum atomic E-state index is 12.0. The molecule has 1 aliphatic carbocycles. The number of hydrogen-bond acceptors (Lipinski definition) is 2. The third-order valence-electron chi connectivity index (χ3n) is 4.41. The molecule has 0 bridgehead atoms. The van der Waals surface area contributed by atoms with Gasteiger partial charge in [0.25, 0.3) is 0 Å². The van der Waals surface area contributed by atoms with Crippen molar-refractivity contribution in [3.8, 4) is 0 Å². The van der Waals surface area contributed by atoms with Gasteiger partial charge in [0, 0.05) is 6.08 Å². The van der Waals surface area contributed by atoms with Crippen LogP contribution in [0.3, 0.4) is 0 Å². The molecule has 106 valence electrons. The first-order chi connectivity index (χ1) is 9.48. The predicted molar refractivity (Wildman–Crippen MR) is 79.2 cm³/mol. The summed E-state index contributed by atoms with van der Waals surface area (Å²) in [7, 11) is 0. The molecule has 3 rings (SSSR count). The topological polar surface area (TPSA) is 40.5 Å². The summed E-state index contributed by atoms with van der Waals surface area (Å²) in [4.78, 5) is 13.8. The molecule has 1 aromatic carbocycles. The zero-order valence-corrected chi connectivity index (χ0v) is 12.1. The van der Waals surface area contributed by atoms with Crippen LogP contribution in [-0.4, -0.2) is 34.6 Å². The van der Waals surface area contributed by atoms with Gasteiger partial charge < -0.3 is 10.0 Å². The molecule has 1 saturated heterocycles. The molecule has 2 fully saturated rings. The summed E-state index contributed by atoms with van der Waals surface area (Å²) < 4.78 is 0. The van der Waals surface area contributed by atoms with Gasteiger partial charge in [0.1, 0.15) is 5.60 Å². The van der Waals surface area contributed by atoms with Gasteiger partial charge in [-0.3, -0.25) is 4.79 Å². The first-order valence-electron chi connectivity index (χ1n) is 7.24. The number of carbonyl (C=O) groups excluding carboxylic acids is 1. The van der Waals surface area contributed by atoms with Crippen molar-refractivity contribution in [2.75, 3.05) is 13.1 Å². The van der Waals surface area contributed by atoms with Gasteiger partial charge in [-0.2, -0.15) is 0 Å². The van der Waals surface area contributed by atoms with Crippen molar-refractivity contribution in [2.24, 2.45) is 5.92 Å². The number of rotatable bonds is 3. The summed E-state index contributed by atoms with van der Waals surface area (Å²) in [6.45, 7) is 5.10. The van der Waals surface area contributed by atoms with Crippen LogP contribution in [-0.2, 0) is 4.79 Å². The van der Waals surface area contributed by atoms with Crippen molar-refractivity contribution in [3.05, 3.63) is 41.0 Å². The Morgan fingerprint density at radius 1 is 1.35 bits per heavy atom. The maximum absolute atomic E-state index is 12.0. The van der Waals surface area contributed by atoms with Gasteiger partial charge in [-0.05, 0) is 49.8 Å². The molecule has 1 saturated carbocycles. The number of carbonyl (C=O) groups is 1. The second kappa shape index (κ2) is 4.74. The predicted octanol–water partition coefficient (Wildman–Crippen LogP) is 2.30. The lowest BCUT2D eigenvalue weighted by atomic mass is 9.88. The first-order valence-corrected chi connectivity index (χ1v) is 7.24. The van der Waals surface area contributed by atoms with Gasteiger partial charge in [-0.25, -0.2) is 0 Å². The Labute approximate surface area is 119 Å². The van der Waals surface area contributed by atoms with Crippen LogP contribution in [0.5, 0.6) is 0 Å². The fourth-order valence-electron chi connectivity index (χ4n) is 2.93. The molecular formula is C17H21NO2. The van der Waals surface area contributed by atoms with Gasteiger partial charge in [-0.15, -0.1) is 0 Å². The van der Waals surface area contributed by atoms with Crippen molar-refractivity contribution >= 4 is 12.0 Å². The molecule has 3 heteroatoms. The van der Waals surface area contributed by atoms with Crippen molar-refractivity contribution in [2.45, 2.75) is 32.3 Å². The molecule has 3 nitrogen and oxygen atoms in total. The van der Waals surface area contributed by atoms with E-state index in [4.69, 9.17) is 0 Å². The van der Waals surface area contributed by atoms with Gasteiger partial charge in [0.2, 0.25) is 5.91 Å². The molecule has 1 aromatic rings. The standard InChI is InChI=1S/C17H21NO2/c1-12-3-4-14(13(2)9-12)5-8-16(19)18-10-17(20,11-18)15-6-7-15/h3-5,8-9,15,20H,6-7,10-11H2,1-2H3. The van der Waals surface area contributed by atoms with Crippen LogP contribution in [0.15, 0.2) is 24.3 Å². The number of amides is 1. The smallest absolute Gasteiger partial charge is 0.246 e. The Kier molecular flexibility index (Phi) is 3.17. The van der Waals surface area contributed by atoms with E-state index in [1.54, 1.807) is 11.0 Å². The summed E-state index contributed by atoms with van der Waals surface area (Å²) in [6.07, 6.45) is 5.70. The molecule has 0 unspecified atom stereocenters. The van der Waals surface area contributed by atoms with E-state index in [0.717, 1.165) is 18.4 Å². The fraction of sp³-hybridized carbons (Fsp3) is 0.471. The molecule has 20 heavy (non-hydrogen) atoms. The van der Waals surface area contributed by atoms with Gasteiger partial charge in [0.05, 0.1) is 13.1 Å². The van der Waals surface area contributed by atoms with Crippen molar-refractivity contribution < 1.29 is 9.90 Å². The Bertz CT molecular complexity index is 566. The molecule has 0 spiro atoms. The second-order valence-corrected chi connectivity index (χ2v) is 6.27. The number of nitrogens with zero attached hydrogens (tertiary/aromatic N) is 1. The maximum Gasteiger partial charge on any atom is 0.246 e. The average molecular weight is 271 g/mol. The Morgan fingerprint density at radius 3 is 2.65 bits per heavy atom. The molecule has 0 atom stereocenters. The van der Waals surface area contributed by atoms with Crippen LogP contribution in [0, 0.1) is 19.8 Å². The number of benzene rings is 1. The van der Waals surface area contributed by atoms with E-state index >= 15 is 0 Å². The summed E-state index contributed by atoms with van der Waals surface area (Å²) in [5.41, 5.74) is 2.88. The highest BCUT2D eigenvalue weighted by Crippen LogP contribution is 2.44. The van der Waals surface area contributed by atoms with E-state index in [2.05, 4.69) is 13.0 Å². The second-order valence-electron chi connectivity index (χ2n) is 6.27.